The first-order valence-electron chi connectivity index (χ1n) is 9.70. The molecule has 7 nitrogen and oxygen atoms in total. The van der Waals surface area contributed by atoms with Crippen LogP contribution in [0.2, 0.25) is 0 Å². The van der Waals surface area contributed by atoms with Crippen molar-refractivity contribution in [2.24, 2.45) is 0 Å². The minimum Gasteiger partial charge on any atom is -0.494 e. The molecule has 0 radical (unpaired) electrons. The van der Waals surface area contributed by atoms with Gasteiger partial charge >= 0.3 is 0 Å². The topological polar surface area (TPSA) is 80.5 Å². The van der Waals surface area contributed by atoms with Gasteiger partial charge in [-0.1, -0.05) is 16.9 Å². The number of nitrogens with zero attached hydrogens (tertiary/aromatic N) is 3. The van der Waals surface area contributed by atoms with Gasteiger partial charge in [-0.3, -0.25) is 4.79 Å². The molecular formula is C22H26N4O3S. The molecular weight excluding hydrogens is 400 g/mol. The van der Waals surface area contributed by atoms with Gasteiger partial charge in [0, 0.05) is 30.2 Å². The van der Waals surface area contributed by atoms with Gasteiger partial charge in [0.15, 0.2) is 0 Å². The highest BCUT2D eigenvalue weighted by Gasteiger charge is 2.14. The molecule has 0 unspecified atom stereocenters. The Labute approximate surface area is 180 Å². The molecule has 2 heterocycles. The highest BCUT2D eigenvalue weighted by molar-refractivity contribution is 7.98. The van der Waals surface area contributed by atoms with E-state index < -0.39 is 0 Å². The minimum absolute atomic E-state index is 0.207. The number of pyridine rings is 1. The lowest BCUT2D eigenvalue weighted by Crippen LogP contribution is -2.15. The van der Waals surface area contributed by atoms with Crippen LogP contribution in [-0.4, -0.2) is 48.2 Å². The van der Waals surface area contributed by atoms with Gasteiger partial charge < -0.3 is 19.5 Å². The van der Waals surface area contributed by atoms with Crippen molar-refractivity contribution >= 4 is 23.4 Å². The van der Waals surface area contributed by atoms with Crippen LogP contribution in [0, 0.1) is 6.92 Å². The maximum atomic E-state index is 12.8. The molecule has 8 heteroatoms. The second kappa shape index (κ2) is 10.8. The molecule has 1 N–H and O–H groups in total. The Hall–Kier alpha value is -2.84. The van der Waals surface area contributed by atoms with Crippen LogP contribution in [0.4, 0.5) is 5.69 Å². The fourth-order valence-corrected chi connectivity index (χ4v) is 3.58. The van der Waals surface area contributed by atoms with Crippen LogP contribution < -0.4 is 10.1 Å². The molecule has 2 aromatic heterocycles. The number of hydrogen-bond donors (Lipinski definition) is 1. The van der Waals surface area contributed by atoms with Gasteiger partial charge in [-0.05, 0) is 63.8 Å². The first-order valence-corrected chi connectivity index (χ1v) is 10.7. The van der Waals surface area contributed by atoms with Crippen LogP contribution in [0.5, 0.6) is 5.75 Å². The zero-order valence-corrected chi connectivity index (χ0v) is 18.2. The SMILES string of the molecule is Cc1cc(CSc2ncccc2C(=O)Nc2ccc(OCCCN(C)C)cc2)no1. The van der Waals surface area contributed by atoms with E-state index in [1.807, 2.05) is 51.4 Å². The maximum Gasteiger partial charge on any atom is 0.258 e. The monoisotopic (exact) mass is 426 g/mol. The molecule has 3 aromatic rings. The molecule has 0 aliphatic rings. The highest BCUT2D eigenvalue weighted by Crippen LogP contribution is 2.25. The fraction of sp³-hybridized carbons (Fsp3) is 0.318. The first kappa shape index (κ1) is 21.9. The number of hydrogen-bond acceptors (Lipinski definition) is 7. The van der Waals surface area contributed by atoms with E-state index in [2.05, 4.69) is 20.4 Å². The van der Waals surface area contributed by atoms with E-state index in [4.69, 9.17) is 9.26 Å². The number of amides is 1. The van der Waals surface area contributed by atoms with Crippen molar-refractivity contribution in [1.29, 1.82) is 0 Å². The number of ether oxygens (including phenoxy) is 1. The summed E-state index contributed by atoms with van der Waals surface area (Å²) in [6, 6.07) is 12.8. The van der Waals surface area contributed by atoms with E-state index in [0.717, 1.165) is 30.2 Å². The predicted octanol–water partition coefficient (Wildman–Crippen LogP) is 4.25. The van der Waals surface area contributed by atoms with E-state index in [1.54, 1.807) is 18.3 Å². The van der Waals surface area contributed by atoms with Gasteiger partial charge in [-0.15, -0.1) is 0 Å². The fourth-order valence-electron chi connectivity index (χ4n) is 2.71. The van der Waals surface area contributed by atoms with Crippen LogP contribution in [-0.2, 0) is 5.75 Å². The molecule has 1 amide bonds. The number of benzene rings is 1. The Bertz CT molecular complexity index is 957. The summed E-state index contributed by atoms with van der Waals surface area (Å²) in [5.41, 5.74) is 2.04. The van der Waals surface area contributed by atoms with Crippen molar-refractivity contribution in [3.63, 3.8) is 0 Å². The van der Waals surface area contributed by atoms with Crippen LogP contribution in [0.25, 0.3) is 0 Å². The lowest BCUT2D eigenvalue weighted by molar-refractivity contribution is 0.102. The number of aryl methyl sites for hydroxylation is 1. The average molecular weight is 427 g/mol. The van der Waals surface area contributed by atoms with Gasteiger partial charge in [-0.25, -0.2) is 4.98 Å². The van der Waals surface area contributed by atoms with Crippen LogP contribution in [0.3, 0.4) is 0 Å². The molecule has 0 saturated heterocycles. The van der Waals surface area contributed by atoms with Gasteiger partial charge in [0.05, 0.1) is 17.9 Å². The largest absolute Gasteiger partial charge is 0.494 e. The summed E-state index contributed by atoms with van der Waals surface area (Å²) in [6.07, 6.45) is 2.64. The molecule has 0 bridgehead atoms. The average Bonchev–Trinajstić information content (AvgIpc) is 3.16. The van der Waals surface area contributed by atoms with Gasteiger partial charge in [0.1, 0.15) is 16.5 Å². The van der Waals surface area contributed by atoms with E-state index in [-0.39, 0.29) is 5.91 Å². The molecule has 0 fully saturated rings. The Kier molecular flexibility index (Phi) is 7.87. The smallest absolute Gasteiger partial charge is 0.258 e. The Morgan fingerprint density at radius 1 is 1.23 bits per heavy atom. The Morgan fingerprint density at radius 2 is 2.03 bits per heavy atom. The van der Waals surface area contributed by atoms with Crippen molar-refractivity contribution in [2.75, 3.05) is 32.6 Å². The molecule has 1 aromatic carbocycles. The molecule has 0 spiro atoms. The maximum absolute atomic E-state index is 12.8. The molecule has 0 saturated carbocycles. The third kappa shape index (κ3) is 6.60. The summed E-state index contributed by atoms with van der Waals surface area (Å²) < 4.78 is 10.8. The summed E-state index contributed by atoms with van der Waals surface area (Å²) in [7, 11) is 4.08. The van der Waals surface area contributed by atoms with Crippen LogP contribution in [0.15, 0.2) is 58.2 Å². The number of rotatable bonds is 10. The Morgan fingerprint density at radius 3 is 2.73 bits per heavy atom. The standard InChI is InChI=1S/C22H26N4O3S/c1-16-14-18(25-29-16)15-30-22-20(6-4-11-23-22)21(27)24-17-7-9-19(10-8-17)28-13-5-12-26(2)3/h4,6-11,14H,5,12-13,15H2,1-3H3,(H,24,27). The molecule has 0 aliphatic carbocycles. The molecule has 0 atom stereocenters. The van der Waals surface area contributed by atoms with Gasteiger partial charge in [-0.2, -0.15) is 0 Å². The minimum atomic E-state index is -0.207. The van der Waals surface area contributed by atoms with Gasteiger partial charge in [0.2, 0.25) is 0 Å². The summed E-state index contributed by atoms with van der Waals surface area (Å²) >= 11 is 1.45. The lowest BCUT2D eigenvalue weighted by Gasteiger charge is -2.11. The van der Waals surface area contributed by atoms with E-state index >= 15 is 0 Å². The number of nitrogens with one attached hydrogen (secondary N) is 1. The third-order valence-electron chi connectivity index (χ3n) is 4.18. The lowest BCUT2D eigenvalue weighted by atomic mass is 10.2. The van der Waals surface area contributed by atoms with Gasteiger partial charge in [0.25, 0.3) is 5.91 Å². The zero-order valence-electron chi connectivity index (χ0n) is 17.4. The summed E-state index contributed by atoms with van der Waals surface area (Å²) in [5, 5.41) is 7.55. The normalized spacial score (nSPS) is 10.9. The first-order chi connectivity index (χ1) is 14.5. The molecule has 0 aliphatic heterocycles. The zero-order chi connectivity index (χ0) is 21.3. The van der Waals surface area contributed by atoms with E-state index in [0.29, 0.717) is 28.6 Å². The predicted molar refractivity (Wildman–Crippen MR) is 118 cm³/mol. The van der Waals surface area contributed by atoms with Crippen molar-refractivity contribution in [3.05, 3.63) is 65.7 Å². The number of aromatic nitrogens is 2. The second-order valence-corrected chi connectivity index (χ2v) is 8.02. The van der Waals surface area contributed by atoms with Crippen molar-refractivity contribution in [1.82, 2.24) is 15.0 Å². The number of thioether (sulfide) groups is 1. The quantitative estimate of drug-likeness (QED) is 0.383. The van der Waals surface area contributed by atoms with E-state index in [9.17, 15) is 4.79 Å². The van der Waals surface area contributed by atoms with Crippen molar-refractivity contribution in [3.8, 4) is 5.75 Å². The second-order valence-electron chi connectivity index (χ2n) is 7.06. The van der Waals surface area contributed by atoms with Crippen LogP contribution >= 0.6 is 11.8 Å². The molecule has 158 valence electrons. The van der Waals surface area contributed by atoms with Crippen molar-refractivity contribution < 1.29 is 14.1 Å². The number of carbonyl (C=O) groups is 1. The third-order valence-corrected chi connectivity index (χ3v) is 5.22. The van der Waals surface area contributed by atoms with E-state index in [1.165, 1.54) is 11.8 Å². The van der Waals surface area contributed by atoms with Crippen molar-refractivity contribution in [2.45, 2.75) is 24.1 Å². The summed E-state index contributed by atoms with van der Waals surface area (Å²) in [6.45, 7) is 3.49. The van der Waals surface area contributed by atoms with Crippen LogP contribution in [0.1, 0.15) is 28.2 Å². The Balaban J connectivity index is 1.56. The number of anilines is 1. The summed E-state index contributed by atoms with van der Waals surface area (Å²) in [5.74, 6) is 1.91. The molecule has 3 rings (SSSR count). The summed E-state index contributed by atoms with van der Waals surface area (Å²) in [4.78, 5) is 19.3. The number of carbonyl (C=O) groups excluding carboxylic acids is 1. The highest BCUT2D eigenvalue weighted by atomic mass is 32.2. The molecule has 30 heavy (non-hydrogen) atoms.